The third kappa shape index (κ3) is 4.97. The Morgan fingerprint density at radius 2 is 1.71 bits per heavy atom. The maximum Gasteiger partial charge on any atom is 0.312 e. The minimum atomic E-state index is -0.733. The Hall–Kier alpha value is -3.61. The summed E-state index contributed by atoms with van der Waals surface area (Å²) in [5.74, 6) is -0.311. The van der Waals surface area contributed by atoms with E-state index in [0.29, 0.717) is 13.1 Å². The molecule has 0 aliphatic carbocycles. The highest BCUT2D eigenvalue weighted by Gasteiger charge is 2.16. The molecule has 7 nitrogen and oxygen atoms in total. The average molecular weight is 377 g/mol. The van der Waals surface area contributed by atoms with Gasteiger partial charge < -0.3 is 16.4 Å². The van der Waals surface area contributed by atoms with Crippen LogP contribution in [-0.4, -0.2) is 27.8 Å². The Morgan fingerprint density at radius 3 is 2.36 bits per heavy atom. The quantitative estimate of drug-likeness (QED) is 0.588. The van der Waals surface area contributed by atoms with Crippen molar-refractivity contribution in [2.45, 2.75) is 26.1 Å². The fourth-order valence-electron chi connectivity index (χ4n) is 2.90. The number of hydrogen-bond donors (Lipinski definition) is 3. The Balaban J connectivity index is 1.80. The van der Waals surface area contributed by atoms with Crippen molar-refractivity contribution in [3.05, 3.63) is 78.0 Å². The summed E-state index contributed by atoms with van der Waals surface area (Å²) in [6.07, 6.45) is 1.93. The average Bonchev–Trinajstić information content (AvgIpc) is 3.09. The summed E-state index contributed by atoms with van der Waals surface area (Å²) in [7, 11) is 0. The van der Waals surface area contributed by atoms with Crippen LogP contribution in [0.2, 0.25) is 0 Å². The first kappa shape index (κ1) is 19.2. The van der Waals surface area contributed by atoms with Gasteiger partial charge in [-0.3, -0.25) is 9.48 Å². The molecule has 1 heterocycles. The molecular formula is C21H23N5O2. The van der Waals surface area contributed by atoms with E-state index in [1.54, 1.807) is 6.92 Å². The van der Waals surface area contributed by atoms with Crippen LogP contribution in [0.4, 0.5) is 4.79 Å². The van der Waals surface area contributed by atoms with Crippen LogP contribution < -0.4 is 16.4 Å². The molecule has 2 aromatic carbocycles. The highest BCUT2D eigenvalue weighted by atomic mass is 16.2. The molecule has 0 aliphatic heterocycles. The lowest BCUT2D eigenvalue weighted by Gasteiger charge is -2.12. The molecule has 4 N–H and O–H groups in total. The van der Waals surface area contributed by atoms with Gasteiger partial charge >= 0.3 is 6.03 Å². The molecule has 1 unspecified atom stereocenters. The second-order valence-electron chi connectivity index (χ2n) is 6.50. The summed E-state index contributed by atoms with van der Waals surface area (Å²) in [5.41, 5.74) is 8.89. The molecule has 1 atom stereocenters. The van der Waals surface area contributed by atoms with E-state index in [1.165, 1.54) is 0 Å². The van der Waals surface area contributed by atoms with Crippen LogP contribution in [0, 0.1) is 0 Å². The third-order valence-electron chi connectivity index (χ3n) is 4.28. The second-order valence-corrected chi connectivity index (χ2v) is 6.50. The van der Waals surface area contributed by atoms with Crippen molar-refractivity contribution in [1.29, 1.82) is 0 Å². The number of amides is 3. The molecule has 3 rings (SSSR count). The standard InChI is InChI=1S/C21H23N5O2/c1-15(24-21(22)28)20(27)23-12-18-14-26(13-16-8-4-2-5-9-16)25-19(18)17-10-6-3-7-11-17/h2-11,14-15H,12-13H2,1H3,(H,23,27)(H3,22,24,28). The Morgan fingerprint density at radius 1 is 1.07 bits per heavy atom. The summed E-state index contributed by atoms with van der Waals surface area (Å²) < 4.78 is 1.87. The van der Waals surface area contributed by atoms with E-state index in [9.17, 15) is 9.59 Å². The maximum absolute atomic E-state index is 12.2. The van der Waals surface area contributed by atoms with Crippen molar-refractivity contribution >= 4 is 11.9 Å². The lowest BCUT2D eigenvalue weighted by molar-refractivity contribution is -0.122. The van der Waals surface area contributed by atoms with E-state index < -0.39 is 12.1 Å². The highest BCUT2D eigenvalue weighted by Crippen LogP contribution is 2.22. The van der Waals surface area contributed by atoms with Gasteiger partial charge in [-0.25, -0.2) is 4.79 Å². The van der Waals surface area contributed by atoms with Crippen molar-refractivity contribution in [3.8, 4) is 11.3 Å². The van der Waals surface area contributed by atoms with Gasteiger partial charge in [0.05, 0.1) is 12.2 Å². The van der Waals surface area contributed by atoms with E-state index in [4.69, 9.17) is 10.8 Å². The molecule has 3 amide bonds. The van der Waals surface area contributed by atoms with Crippen LogP contribution in [-0.2, 0) is 17.9 Å². The molecule has 1 aromatic heterocycles. The number of benzene rings is 2. The van der Waals surface area contributed by atoms with Gasteiger partial charge in [0, 0.05) is 23.9 Å². The van der Waals surface area contributed by atoms with Crippen molar-refractivity contribution in [2.75, 3.05) is 0 Å². The zero-order chi connectivity index (χ0) is 19.9. The van der Waals surface area contributed by atoms with E-state index >= 15 is 0 Å². The van der Waals surface area contributed by atoms with Crippen LogP contribution in [0.25, 0.3) is 11.3 Å². The summed E-state index contributed by atoms with van der Waals surface area (Å²) in [6, 6.07) is 18.4. The molecule has 0 radical (unpaired) electrons. The SMILES string of the molecule is CC(NC(N)=O)C(=O)NCc1cn(Cc2ccccc2)nc1-c1ccccc1. The summed E-state index contributed by atoms with van der Waals surface area (Å²) >= 11 is 0. The normalized spacial score (nSPS) is 11.6. The fourth-order valence-corrected chi connectivity index (χ4v) is 2.90. The van der Waals surface area contributed by atoms with Crippen LogP contribution in [0.3, 0.4) is 0 Å². The molecule has 3 aromatic rings. The first-order chi connectivity index (χ1) is 13.5. The molecule has 0 fully saturated rings. The predicted octanol–water partition coefficient (Wildman–Crippen LogP) is 2.27. The maximum atomic E-state index is 12.2. The molecule has 144 valence electrons. The predicted molar refractivity (Wildman–Crippen MR) is 107 cm³/mol. The van der Waals surface area contributed by atoms with Crippen LogP contribution >= 0.6 is 0 Å². The van der Waals surface area contributed by atoms with Crippen molar-refractivity contribution in [1.82, 2.24) is 20.4 Å². The van der Waals surface area contributed by atoms with Gasteiger partial charge in [-0.15, -0.1) is 0 Å². The van der Waals surface area contributed by atoms with Gasteiger partial charge in [0.25, 0.3) is 0 Å². The Bertz CT molecular complexity index is 938. The monoisotopic (exact) mass is 377 g/mol. The van der Waals surface area contributed by atoms with Crippen LogP contribution in [0.15, 0.2) is 66.9 Å². The Labute approximate surface area is 163 Å². The number of nitrogens with zero attached hydrogens (tertiary/aromatic N) is 2. The van der Waals surface area contributed by atoms with Crippen LogP contribution in [0.1, 0.15) is 18.1 Å². The molecule has 28 heavy (non-hydrogen) atoms. The van der Waals surface area contributed by atoms with E-state index in [1.807, 2.05) is 71.5 Å². The zero-order valence-electron chi connectivity index (χ0n) is 15.6. The number of primary amides is 1. The number of hydrogen-bond acceptors (Lipinski definition) is 3. The number of carbonyl (C=O) groups excluding carboxylic acids is 2. The number of nitrogens with one attached hydrogen (secondary N) is 2. The highest BCUT2D eigenvalue weighted by molar-refractivity contribution is 5.86. The minimum absolute atomic E-state index is 0.294. The lowest BCUT2D eigenvalue weighted by atomic mass is 10.1. The van der Waals surface area contributed by atoms with Gasteiger partial charge in [-0.05, 0) is 12.5 Å². The second kappa shape index (κ2) is 8.85. The molecule has 0 bridgehead atoms. The number of rotatable bonds is 7. The number of carbonyl (C=O) groups is 2. The zero-order valence-corrected chi connectivity index (χ0v) is 15.6. The smallest absolute Gasteiger partial charge is 0.312 e. The van der Waals surface area contributed by atoms with Gasteiger partial charge in [-0.1, -0.05) is 60.7 Å². The van der Waals surface area contributed by atoms with Crippen molar-refractivity contribution < 1.29 is 9.59 Å². The third-order valence-corrected chi connectivity index (χ3v) is 4.28. The largest absolute Gasteiger partial charge is 0.352 e. The summed E-state index contributed by atoms with van der Waals surface area (Å²) in [4.78, 5) is 23.1. The molecule has 7 heteroatoms. The van der Waals surface area contributed by atoms with E-state index in [-0.39, 0.29) is 5.91 Å². The van der Waals surface area contributed by atoms with Crippen molar-refractivity contribution in [3.63, 3.8) is 0 Å². The van der Waals surface area contributed by atoms with Gasteiger partial charge in [0.15, 0.2) is 0 Å². The molecule has 0 spiro atoms. The minimum Gasteiger partial charge on any atom is -0.352 e. The van der Waals surface area contributed by atoms with Crippen molar-refractivity contribution in [2.24, 2.45) is 5.73 Å². The molecular weight excluding hydrogens is 354 g/mol. The molecule has 0 saturated carbocycles. The topological polar surface area (TPSA) is 102 Å². The number of nitrogens with two attached hydrogens (primary N) is 1. The first-order valence-electron chi connectivity index (χ1n) is 9.02. The summed E-state index contributed by atoms with van der Waals surface area (Å²) in [5, 5.41) is 9.92. The lowest BCUT2D eigenvalue weighted by Crippen LogP contribution is -2.46. The van der Waals surface area contributed by atoms with Gasteiger partial charge in [-0.2, -0.15) is 5.10 Å². The Kier molecular flexibility index (Phi) is 6.06. The number of aromatic nitrogens is 2. The summed E-state index contributed by atoms with van der Waals surface area (Å²) in [6.45, 7) is 2.51. The first-order valence-corrected chi connectivity index (χ1v) is 9.02. The van der Waals surface area contributed by atoms with Crippen LogP contribution in [0.5, 0.6) is 0 Å². The fraction of sp³-hybridized carbons (Fsp3) is 0.190. The van der Waals surface area contributed by atoms with Gasteiger partial charge in [0.1, 0.15) is 6.04 Å². The van der Waals surface area contributed by atoms with E-state index in [0.717, 1.165) is 22.4 Å². The molecule has 0 saturated heterocycles. The number of urea groups is 1. The van der Waals surface area contributed by atoms with Gasteiger partial charge in [0.2, 0.25) is 5.91 Å². The molecule has 0 aliphatic rings. The van der Waals surface area contributed by atoms with E-state index in [2.05, 4.69) is 10.6 Å².